The predicted octanol–water partition coefficient (Wildman–Crippen LogP) is 3.99. The summed E-state index contributed by atoms with van der Waals surface area (Å²) in [5.41, 5.74) is 1.39. The predicted molar refractivity (Wildman–Crippen MR) is 103 cm³/mol. The Morgan fingerprint density at radius 2 is 1.74 bits per heavy atom. The van der Waals surface area contributed by atoms with Gasteiger partial charge in [-0.05, 0) is 48.7 Å². The van der Waals surface area contributed by atoms with Crippen LogP contribution in [0.5, 0.6) is 0 Å². The molecule has 2 aromatic rings. The van der Waals surface area contributed by atoms with E-state index in [4.69, 9.17) is 11.6 Å². The Morgan fingerprint density at radius 1 is 1.11 bits per heavy atom. The number of piperidine rings is 1. The lowest BCUT2D eigenvalue weighted by Gasteiger charge is -2.33. The van der Waals surface area contributed by atoms with Gasteiger partial charge < -0.3 is 9.80 Å². The van der Waals surface area contributed by atoms with Gasteiger partial charge in [0.25, 0.3) is 5.91 Å². The number of halogens is 2. The molecule has 4 nitrogen and oxygen atoms in total. The zero-order valence-corrected chi connectivity index (χ0v) is 16.0. The van der Waals surface area contributed by atoms with Crippen molar-refractivity contribution in [3.05, 3.63) is 70.5 Å². The molecule has 2 aromatic carbocycles. The van der Waals surface area contributed by atoms with E-state index in [1.54, 1.807) is 16.8 Å². The summed E-state index contributed by atoms with van der Waals surface area (Å²) in [6.07, 6.45) is 1.25. The van der Waals surface area contributed by atoms with Gasteiger partial charge in [0.2, 0.25) is 5.91 Å². The fraction of sp³-hybridized carbons (Fsp3) is 0.333. The van der Waals surface area contributed by atoms with Crippen LogP contribution in [0.15, 0.2) is 48.5 Å². The second kappa shape index (κ2) is 8.53. The molecule has 1 saturated heterocycles. The summed E-state index contributed by atoms with van der Waals surface area (Å²) in [5.74, 6) is -0.513. The lowest BCUT2D eigenvalue weighted by molar-refractivity contribution is -0.136. The molecule has 0 bridgehead atoms. The standard InChI is InChI=1S/C21H22ClFN2O2/c1-24(14-17-4-2-3-5-19(17)22)20(26)16-10-12-25(13-11-16)21(27)15-6-8-18(23)9-7-15/h2-9,16H,10-14H2,1H3. The number of carbonyl (C=O) groups is 2. The Hall–Kier alpha value is -2.40. The van der Waals surface area contributed by atoms with Crippen LogP contribution in [0.4, 0.5) is 4.39 Å². The molecular weight excluding hydrogens is 367 g/mol. The first-order chi connectivity index (χ1) is 13.0. The first kappa shape index (κ1) is 19.4. The highest BCUT2D eigenvalue weighted by atomic mass is 35.5. The largest absolute Gasteiger partial charge is 0.341 e. The molecule has 0 atom stereocenters. The average Bonchev–Trinajstić information content (AvgIpc) is 2.69. The number of rotatable bonds is 4. The molecule has 0 aromatic heterocycles. The maximum atomic E-state index is 13.0. The summed E-state index contributed by atoms with van der Waals surface area (Å²) in [4.78, 5) is 28.7. The topological polar surface area (TPSA) is 40.6 Å². The lowest BCUT2D eigenvalue weighted by atomic mass is 9.94. The van der Waals surface area contributed by atoms with Crippen LogP contribution in [0.2, 0.25) is 5.02 Å². The molecule has 0 unspecified atom stereocenters. The van der Waals surface area contributed by atoms with Crippen LogP contribution in [0, 0.1) is 11.7 Å². The number of carbonyl (C=O) groups excluding carboxylic acids is 2. The second-order valence-electron chi connectivity index (χ2n) is 6.86. The highest BCUT2D eigenvalue weighted by molar-refractivity contribution is 6.31. The summed E-state index contributed by atoms with van der Waals surface area (Å²) < 4.78 is 13.0. The molecule has 3 rings (SSSR count). The summed E-state index contributed by atoms with van der Waals surface area (Å²) in [5, 5.41) is 0.650. The molecule has 1 aliphatic heterocycles. The van der Waals surface area contributed by atoms with E-state index < -0.39 is 0 Å². The van der Waals surface area contributed by atoms with Crippen LogP contribution >= 0.6 is 11.6 Å². The Labute approximate surface area is 163 Å². The van der Waals surface area contributed by atoms with E-state index in [9.17, 15) is 14.0 Å². The number of hydrogen-bond acceptors (Lipinski definition) is 2. The number of likely N-dealkylation sites (tertiary alicyclic amines) is 1. The number of hydrogen-bond donors (Lipinski definition) is 0. The fourth-order valence-corrected chi connectivity index (χ4v) is 3.57. The molecule has 1 fully saturated rings. The van der Waals surface area contributed by atoms with Crippen LogP contribution in [-0.4, -0.2) is 41.8 Å². The Morgan fingerprint density at radius 3 is 2.37 bits per heavy atom. The molecule has 6 heteroatoms. The summed E-state index contributed by atoms with van der Waals surface area (Å²) in [6, 6.07) is 13.0. The third-order valence-corrected chi connectivity index (χ3v) is 5.33. The van der Waals surface area contributed by atoms with Gasteiger partial charge in [-0.15, -0.1) is 0 Å². The Kier molecular flexibility index (Phi) is 6.11. The number of amides is 2. The molecule has 2 amide bonds. The van der Waals surface area contributed by atoms with E-state index in [0.29, 0.717) is 43.1 Å². The minimum Gasteiger partial charge on any atom is -0.341 e. The minimum absolute atomic E-state index is 0.0730. The lowest BCUT2D eigenvalue weighted by Crippen LogP contribution is -2.43. The van der Waals surface area contributed by atoms with Crippen molar-refractivity contribution in [1.82, 2.24) is 9.80 Å². The van der Waals surface area contributed by atoms with E-state index in [1.165, 1.54) is 24.3 Å². The quantitative estimate of drug-likeness (QED) is 0.794. The maximum absolute atomic E-state index is 13.0. The fourth-order valence-electron chi connectivity index (χ4n) is 3.38. The van der Waals surface area contributed by atoms with Gasteiger partial charge in [-0.2, -0.15) is 0 Å². The van der Waals surface area contributed by atoms with Crippen molar-refractivity contribution in [2.75, 3.05) is 20.1 Å². The van der Waals surface area contributed by atoms with Gasteiger partial charge in [-0.3, -0.25) is 9.59 Å². The smallest absolute Gasteiger partial charge is 0.253 e. The van der Waals surface area contributed by atoms with E-state index in [1.807, 2.05) is 24.3 Å². The van der Waals surface area contributed by atoms with Crippen LogP contribution in [-0.2, 0) is 11.3 Å². The number of benzene rings is 2. The molecule has 142 valence electrons. The van der Waals surface area contributed by atoms with Crippen molar-refractivity contribution in [1.29, 1.82) is 0 Å². The van der Waals surface area contributed by atoms with Gasteiger partial charge in [-0.25, -0.2) is 4.39 Å². The highest BCUT2D eigenvalue weighted by Crippen LogP contribution is 2.23. The summed E-state index contributed by atoms with van der Waals surface area (Å²) in [6.45, 7) is 1.51. The van der Waals surface area contributed by atoms with E-state index in [2.05, 4.69) is 0 Å². The van der Waals surface area contributed by atoms with Gasteiger partial charge in [-0.1, -0.05) is 29.8 Å². The molecule has 0 spiro atoms. The molecule has 0 N–H and O–H groups in total. The first-order valence-corrected chi connectivity index (χ1v) is 9.36. The third kappa shape index (κ3) is 4.66. The molecule has 1 aliphatic rings. The molecule has 0 aliphatic carbocycles. The molecular formula is C21H22ClFN2O2. The van der Waals surface area contributed by atoms with Gasteiger partial charge in [0, 0.05) is 43.2 Å². The first-order valence-electron chi connectivity index (χ1n) is 8.99. The van der Waals surface area contributed by atoms with Gasteiger partial charge in [0.05, 0.1) is 0 Å². The maximum Gasteiger partial charge on any atom is 0.253 e. The highest BCUT2D eigenvalue weighted by Gasteiger charge is 2.29. The molecule has 0 saturated carbocycles. The van der Waals surface area contributed by atoms with Gasteiger partial charge in [0.1, 0.15) is 5.82 Å². The Bertz CT molecular complexity index is 817. The van der Waals surface area contributed by atoms with Crippen molar-refractivity contribution >= 4 is 23.4 Å². The number of nitrogens with zero attached hydrogens (tertiary/aromatic N) is 2. The molecule has 0 radical (unpaired) electrons. The molecule has 27 heavy (non-hydrogen) atoms. The van der Waals surface area contributed by atoms with E-state index >= 15 is 0 Å². The van der Waals surface area contributed by atoms with E-state index in [0.717, 1.165) is 5.56 Å². The van der Waals surface area contributed by atoms with Crippen LogP contribution in [0.3, 0.4) is 0 Å². The zero-order chi connectivity index (χ0) is 19.4. The average molecular weight is 389 g/mol. The third-order valence-electron chi connectivity index (χ3n) is 4.96. The van der Waals surface area contributed by atoms with Crippen LogP contribution in [0.1, 0.15) is 28.8 Å². The normalized spacial score (nSPS) is 14.9. The SMILES string of the molecule is CN(Cc1ccccc1Cl)C(=O)C1CCN(C(=O)c2ccc(F)cc2)CC1. The summed E-state index contributed by atoms with van der Waals surface area (Å²) >= 11 is 6.18. The van der Waals surface area contributed by atoms with Crippen LogP contribution in [0.25, 0.3) is 0 Å². The van der Waals surface area contributed by atoms with Crippen molar-refractivity contribution in [3.8, 4) is 0 Å². The molecule has 1 heterocycles. The van der Waals surface area contributed by atoms with Crippen molar-refractivity contribution in [2.45, 2.75) is 19.4 Å². The Balaban J connectivity index is 1.55. The van der Waals surface area contributed by atoms with Crippen molar-refractivity contribution in [3.63, 3.8) is 0 Å². The van der Waals surface area contributed by atoms with Crippen LogP contribution < -0.4 is 0 Å². The zero-order valence-electron chi connectivity index (χ0n) is 15.2. The van der Waals surface area contributed by atoms with Gasteiger partial charge >= 0.3 is 0 Å². The van der Waals surface area contributed by atoms with Crippen molar-refractivity contribution in [2.24, 2.45) is 5.92 Å². The summed E-state index contributed by atoms with van der Waals surface area (Å²) in [7, 11) is 1.78. The second-order valence-corrected chi connectivity index (χ2v) is 7.27. The minimum atomic E-state index is -0.364. The monoisotopic (exact) mass is 388 g/mol. The van der Waals surface area contributed by atoms with Gasteiger partial charge in [0.15, 0.2) is 0 Å². The van der Waals surface area contributed by atoms with E-state index in [-0.39, 0.29) is 23.5 Å². The van der Waals surface area contributed by atoms with Crippen molar-refractivity contribution < 1.29 is 14.0 Å².